The number of thioether (sulfide) groups is 1. The third-order valence-electron chi connectivity index (χ3n) is 2.33. The van der Waals surface area contributed by atoms with E-state index in [1.807, 2.05) is 11.8 Å². The van der Waals surface area contributed by atoms with Crippen LogP contribution in [0.2, 0.25) is 10.6 Å². The van der Waals surface area contributed by atoms with Crippen molar-refractivity contribution in [2.75, 3.05) is 24.2 Å². The summed E-state index contributed by atoms with van der Waals surface area (Å²) in [7, 11) is 0. The third kappa shape index (κ3) is 2.65. The van der Waals surface area contributed by atoms with Gasteiger partial charge in [0, 0.05) is 18.3 Å². The van der Waals surface area contributed by atoms with Gasteiger partial charge < -0.3 is 4.90 Å². The van der Waals surface area contributed by atoms with E-state index in [9.17, 15) is 0 Å². The number of nitrogens with zero attached hydrogens (tertiary/aromatic N) is 4. The molecule has 82 valence electrons. The van der Waals surface area contributed by atoms with Gasteiger partial charge in [-0.15, -0.1) is 0 Å². The van der Waals surface area contributed by atoms with Gasteiger partial charge in [0.15, 0.2) is 0 Å². The van der Waals surface area contributed by atoms with E-state index in [1.165, 1.54) is 0 Å². The molecule has 0 amide bonds. The van der Waals surface area contributed by atoms with Crippen molar-refractivity contribution in [3.05, 3.63) is 10.6 Å². The molecular formula is C8H10Cl2N4S. The largest absolute Gasteiger partial charge is 0.340 e. The zero-order valence-corrected chi connectivity index (χ0v) is 10.5. The molecule has 1 aromatic rings. The Hall–Kier alpha value is -0.260. The summed E-state index contributed by atoms with van der Waals surface area (Å²) in [4.78, 5) is 13.9. The van der Waals surface area contributed by atoms with Crippen LogP contribution < -0.4 is 4.90 Å². The van der Waals surface area contributed by atoms with Gasteiger partial charge in [-0.05, 0) is 35.9 Å². The van der Waals surface area contributed by atoms with Crippen LogP contribution in [0.1, 0.15) is 6.42 Å². The monoisotopic (exact) mass is 264 g/mol. The molecule has 0 bridgehead atoms. The zero-order valence-electron chi connectivity index (χ0n) is 8.15. The Bertz CT molecular complexity index is 342. The van der Waals surface area contributed by atoms with Crippen LogP contribution in [0.4, 0.5) is 5.95 Å². The number of hydrogen-bond acceptors (Lipinski definition) is 5. The second-order valence-corrected chi connectivity index (χ2v) is 5.08. The van der Waals surface area contributed by atoms with Crippen LogP contribution >= 0.6 is 35.0 Å². The molecule has 7 heteroatoms. The number of anilines is 1. The summed E-state index contributed by atoms with van der Waals surface area (Å²) in [6.45, 7) is 1.89. The highest BCUT2D eigenvalue weighted by Crippen LogP contribution is 2.24. The number of aromatic nitrogens is 3. The van der Waals surface area contributed by atoms with Crippen LogP contribution in [0.5, 0.6) is 0 Å². The third-order valence-corrected chi connectivity index (χ3v) is 3.72. The average Bonchev–Trinajstić information content (AvgIpc) is 2.64. The Morgan fingerprint density at radius 2 is 1.93 bits per heavy atom. The lowest BCUT2D eigenvalue weighted by Gasteiger charge is -2.15. The van der Waals surface area contributed by atoms with E-state index in [-0.39, 0.29) is 10.6 Å². The van der Waals surface area contributed by atoms with Crippen molar-refractivity contribution in [2.24, 2.45) is 0 Å². The molecule has 15 heavy (non-hydrogen) atoms. The minimum Gasteiger partial charge on any atom is -0.340 e. The van der Waals surface area contributed by atoms with E-state index in [0.29, 0.717) is 11.2 Å². The van der Waals surface area contributed by atoms with Crippen molar-refractivity contribution < 1.29 is 0 Å². The molecule has 4 nitrogen and oxygen atoms in total. The lowest BCUT2D eigenvalue weighted by molar-refractivity contribution is 0.880. The summed E-state index contributed by atoms with van der Waals surface area (Å²) in [5.41, 5.74) is 0. The zero-order chi connectivity index (χ0) is 10.8. The second-order valence-electron chi connectivity index (χ2n) is 3.27. The topological polar surface area (TPSA) is 41.9 Å². The summed E-state index contributed by atoms with van der Waals surface area (Å²) < 4.78 is 0. The van der Waals surface area contributed by atoms with Crippen molar-refractivity contribution in [2.45, 2.75) is 11.7 Å². The molecule has 1 atom stereocenters. The number of hydrogen-bond donors (Lipinski definition) is 0. The molecule has 1 aromatic heterocycles. The Balaban J connectivity index is 2.16. The Morgan fingerprint density at radius 1 is 1.27 bits per heavy atom. The predicted octanol–water partition coefficient (Wildman–Crippen LogP) is 2.12. The minimum absolute atomic E-state index is 0.151. The van der Waals surface area contributed by atoms with Crippen molar-refractivity contribution >= 4 is 40.9 Å². The van der Waals surface area contributed by atoms with E-state index in [0.717, 1.165) is 19.5 Å². The van der Waals surface area contributed by atoms with Gasteiger partial charge in [-0.3, -0.25) is 0 Å². The predicted molar refractivity (Wildman–Crippen MR) is 64.0 cm³/mol. The van der Waals surface area contributed by atoms with Crippen LogP contribution in [0.3, 0.4) is 0 Å². The van der Waals surface area contributed by atoms with Gasteiger partial charge in [-0.1, -0.05) is 0 Å². The molecule has 2 heterocycles. The molecule has 1 aliphatic heterocycles. The minimum atomic E-state index is 0.151. The summed E-state index contributed by atoms with van der Waals surface area (Å²) in [5.74, 6) is 0.580. The molecule has 0 saturated carbocycles. The van der Waals surface area contributed by atoms with Crippen molar-refractivity contribution in [3.8, 4) is 0 Å². The van der Waals surface area contributed by atoms with Gasteiger partial charge in [0.05, 0.1) is 0 Å². The Labute approximate surface area is 102 Å². The summed E-state index contributed by atoms with van der Waals surface area (Å²) in [6, 6.07) is 0. The fourth-order valence-corrected chi connectivity index (χ4v) is 2.58. The maximum Gasteiger partial charge on any atom is 0.231 e. The smallest absolute Gasteiger partial charge is 0.231 e. The van der Waals surface area contributed by atoms with Gasteiger partial charge >= 0.3 is 0 Å². The van der Waals surface area contributed by atoms with Gasteiger partial charge in [-0.25, -0.2) is 0 Å². The van der Waals surface area contributed by atoms with Gasteiger partial charge in [0.2, 0.25) is 16.5 Å². The number of halogens is 2. The molecule has 0 aliphatic carbocycles. The Morgan fingerprint density at radius 3 is 2.47 bits per heavy atom. The lowest BCUT2D eigenvalue weighted by Crippen LogP contribution is -2.23. The fourth-order valence-electron chi connectivity index (χ4n) is 1.56. The fraction of sp³-hybridized carbons (Fsp3) is 0.625. The first-order valence-corrected chi connectivity index (χ1v) is 6.58. The van der Waals surface area contributed by atoms with Crippen LogP contribution in [-0.4, -0.2) is 39.5 Å². The highest BCUT2D eigenvalue weighted by Gasteiger charge is 2.24. The highest BCUT2D eigenvalue weighted by atomic mass is 35.5. The lowest BCUT2D eigenvalue weighted by atomic mass is 10.4. The maximum atomic E-state index is 5.72. The van der Waals surface area contributed by atoms with Gasteiger partial charge in [0.1, 0.15) is 0 Å². The molecule has 0 radical (unpaired) electrons. The molecule has 1 aliphatic rings. The number of rotatable bonds is 2. The molecular weight excluding hydrogens is 255 g/mol. The molecule has 0 aromatic carbocycles. The molecule has 1 saturated heterocycles. The quantitative estimate of drug-likeness (QED) is 0.819. The van der Waals surface area contributed by atoms with Gasteiger partial charge in [-0.2, -0.15) is 26.7 Å². The first kappa shape index (κ1) is 11.2. The summed E-state index contributed by atoms with van der Waals surface area (Å²) >= 11 is 13.3. The van der Waals surface area contributed by atoms with E-state index >= 15 is 0 Å². The molecule has 0 spiro atoms. The summed E-state index contributed by atoms with van der Waals surface area (Å²) in [6.07, 6.45) is 3.25. The second kappa shape index (κ2) is 4.72. The van der Waals surface area contributed by atoms with Crippen LogP contribution in [0.15, 0.2) is 0 Å². The first-order chi connectivity index (χ1) is 7.19. The standard InChI is InChI=1S/C8H10Cl2N4S/c1-15-5-2-3-14(4-5)8-12-6(9)11-7(10)13-8/h5H,2-4H2,1H3. The molecule has 2 rings (SSSR count). The van der Waals surface area contributed by atoms with Crippen molar-refractivity contribution in [3.63, 3.8) is 0 Å². The van der Waals surface area contributed by atoms with Crippen LogP contribution in [-0.2, 0) is 0 Å². The SMILES string of the molecule is CSC1CCN(c2nc(Cl)nc(Cl)n2)C1. The molecule has 1 unspecified atom stereocenters. The van der Waals surface area contributed by atoms with Crippen molar-refractivity contribution in [1.29, 1.82) is 0 Å². The maximum absolute atomic E-state index is 5.72. The normalized spacial score (nSPS) is 21.0. The van der Waals surface area contributed by atoms with Gasteiger partial charge in [0.25, 0.3) is 0 Å². The Kier molecular flexibility index (Phi) is 3.53. The van der Waals surface area contributed by atoms with Crippen LogP contribution in [0.25, 0.3) is 0 Å². The molecule has 0 N–H and O–H groups in total. The van der Waals surface area contributed by atoms with E-state index in [4.69, 9.17) is 23.2 Å². The average molecular weight is 265 g/mol. The van der Waals surface area contributed by atoms with E-state index in [1.54, 1.807) is 0 Å². The first-order valence-electron chi connectivity index (χ1n) is 4.54. The molecule has 1 fully saturated rings. The van der Waals surface area contributed by atoms with E-state index in [2.05, 4.69) is 26.1 Å². The highest BCUT2D eigenvalue weighted by molar-refractivity contribution is 7.99. The summed E-state index contributed by atoms with van der Waals surface area (Å²) in [5, 5.41) is 0.939. The van der Waals surface area contributed by atoms with Crippen LogP contribution in [0, 0.1) is 0 Å². The van der Waals surface area contributed by atoms with Crippen molar-refractivity contribution in [1.82, 2.24) is 15.0 Å². The van der Waals surface area contributed by atoms with E-state index < -0.39 is 0 Å².